The predicted octanol–water partition coefficient (Wildman–Crippen LogP) is 3.46. The summed E-state index contributed by atoms with van der Waals surface area (Å²) < 4.78 is 11.4. The van der Waals surface area contributed by atoms with E-state index in [-0.39, 0.29) is 18.6 Å². The minimum Gasteiger partial charge on any atom is -0.482 e. The largest absolute Gasteiger partial charge is 0.482 e. The molecule has 26 heavy (non-hydrogen) atoms. The lowest BCUT2D eigenvalue weighted by molar-refractivity contribution is -0.132. The lowest BCUT2D eigenvalue weighted by Gasteiger charge is -2.17. The van der Waals surface area contributed by atoms with Crippen molar-refractivity contribution in [2.45, 2.75) is 26.4 Å². The van der Waals surface area contributed by atoms with Gasteiger partial charge in [0.05, 0.1) is 11.6 Å². The molecule has 2 aromatic rings. The standard InChI is InChI=1S/C18H19Cl2N3O3/c1-11-7-17(22-12(2)21-11)26-14-5-6-23(9-14)18(24)10-25-16-4-3-13(19)8-15(16)20/h3-4,7-8,14H,5-6,9-10H2,1-2H3/t14-/m1/s1. The first kappa shape index (κ1) is 18.7. The molecule has 6 nitrogen and oxygen atoms in total. The molecule has 138 valence electrons. The lowest BCUT2D eigenvalue weighted by Crippen LogP contribution is -2.34. The van der Waals surface area contributed by atoms with Gasteiger partial charge in [-0.2, -0.15) is 4.98 Å². The monoisotopic (exact) mass is 395 g/mol. The van der Waals surface area contributed by atoms with Gasteiger partial charge in [0.1, 0.15) is 17.7 Å². The van der Waals surface area contributed by atoms with E-state index in [9.17, 15) is 4.79 Å². The second-order valence-corrected chi connectivity index (χ2v) is 6.97. The number of carbonyl (C=O) groups is 1. The summed E-state index contributed by atoms with van der Waals surface area (Å²) in [5.74, 6) is 1.53. The quantitative estimate of drug-likeness (QED) is 0.775. The smallest absolute Gasteiger partial charge is 0.260 e. The number of hydrogen-bond donors (Lipinski definition) is 0. The van der Waals surface area contributed by atoms with Crippen LogP contribution in [0.25, 0.3) is 0 Å². The Bertz CT molecular complexity index is 796. The summed E-state index contributed by atoms with van der Waals surface area (Å²) in [6.07, 6.45) is 0.655. The number of benzene rings is 1. The third kappa shape index (κ3) is 4.77. The van der Waals surface area contributed by atoms with Gasteiger partial charge in [0.25, 0.3) is 5.91 Å². The van der Waals surface area contributed by atoms with Gasteiger partial charge in [0.15, 0.2) is 6.61 Å². The van der Waals surface area contributed by atoms with Gasteiger partial charge >= 0.3 is 0 Å². The van der Waals surface area contributed by atoms with Crippen molar-refractivity contribution in [1.82, 2.24) is 14.9 Å². The van der Waals surface area contributed by atoms with E-state index < -0.39 is 0 Å². The van der Waals surface area contributed by atoms with Crippen molar-refractivity contribution >= 4 is 29.1 Å². The van der Waals surface area contributed by atoms with Crippen LogP contribution in [0.4, 0.5) is 0 Å². The Kier molecular flexibility index (Phi) is 5.84. The molecular formula is C18H19Cl2N3O3. The van der Waals surface area contributed by atoms with E-state index in [0.717, 1.165) is 12.1 Å². The summed E-state index contributed by atoms with van der Waals surface area (Å²) >= 11 is 11.9. The van der Waals surface area contributed by atoms with Gasteiger partial charge in [-0.15, -0.1) is 0 Å². The van der Waals surface area contributed by atoms with Crippen LogP contribution in [0.15, 0.2) is 24.3 Å². The molecule has 1 aromatic carbocycles. The molecule has 1 fully saturated rings. The van der Waals surface area contributed by atoms with E-state index in [1.54, 1.807) is 29.2 Å². The molecule has 0 aliphatic carbocycles. The van der Waals surface area contributed by atoms with Crippen LogP contribution in [0.5, 0.6) is 11.6 Å². The highest BCUT2D eigenvalue weighted by Crippen LogP contribution is 2.27. The van der Waals surface area contributed by atoms with Crippen LogP contribution < -0.4 is 9.47 Å². The number of halogens is 2. The van der Waals surface area contributed by atoms with Crippen LogP contribution in [-0.4, -0.2) is 46.6 Å². The maximum Gasteiger partial charge on any atom is 0.260 e. The summed E-state index contributed by atoms with van der Waals surface area (Å²) in [5.41, 5.74) is 0.853. The molecule has 1 saturated heterocycles. The molecule has 8 heteroatoms. The average Bonchev–Trinajstić information content (AvgIpc) is 3.01. The maximum absolute atomic E-state index is 12.4. The first-order chi connectivity index (χ1) is 12.4. The van der Waals surface area contributed by atoms with Crippen LogP contribution in [0, 0.1) is 13.8 Å². The SMILES string of the molecule is Cc1cc(O[C@@H]2CCN(C(=O)COc3ccc(Cl)cc3Cl)C2)nc(C)n1. The number of nitrogens with zero attached hydrogens (tertiary/aromatic N) is 3. The Morgan fingerprint density at radius 2 is 2.08 bits per heavy atom. The van der Waals surface area contributed by atoms with Crippen molar-refractivity contribution in [2.75, 3.05) is 19.7 Å². The van der Waals surface area contributed by atoms with E-state index in [2.05, 4.69) is 9.97 Å². The van der Waals surface area contributed by atoms with Crippen molar-refractivity contribution in [1.29, 1.82) is 0 Å². The number of rotatable bonds is 5. The molecule has 1 aliphatic heterocycles. The molecule has 0 unspecified atom stereocenters. The number of carbonyl (C=O) groups excluding carboxylic acids is 1. The minimum absolute atomic E-state index is 0.0835. The number of hydrogen-bond acceptors (Lipinski definition) is 5. The number of aryl methyl sites for hydroxylation is 2. The zero-order chi connectivity index (χ0) is 18.7. The van der Waals surface area contributed by atoms with Gasteiger partial charge in [-0.3, -0.25) is 4.79 Å². The highest BCUT2D eigenvalue weighted by molar-refractivity contribution is 6.35. The van der Waals surface area contributed by atoms with Crippen molar-refractivity contribution < 1.29 is 14.3 Å². The van der Waals surface area contributed by atoms with Crippen molar-refractivity contribution in [2.24, 2.45) is 0 Å². The molecule has 2 heterocycles. The molecule has 1 aromatic heterocycles. The number of likely N-dealkylation sites (tertiary alicyclic amines) is 1. The van der Waals surface area contributed by atoms with Crippen LogP contribution in [-0.2, 0) is 4.79 Å². The van der Waals surface area contributed by atoms with Gasteiger partial charge in [-0.05, 0) is 32.0 Å². The number of amides is 1. The number of ether oxygens (including phenoxy) is 2. The minimum atomic E-state index is -0.114. The first-order valence-electron chi connectivity index (χ1n) is 8.25. The summed E-state index contributed by atoms with van der Waals surface area (Å²) in [5, 5.41) is 0.894. The fourth-order valence-electron chi connectivity index (χ4n) is 2.79. The van der Waals surface area contributed by atoms with E-state index in [1.807, 2.05) is 13.8 Å². The van der Waals surface area contributed by atoms with E-state index in [4.69, 9.17) is 32.7 Å². The zero-order valence-electron chi connectivity index (χ0n) is 14.5. The fourth-order valence-corrected chi connectivity index (χ4v) is 3.25. The van der Waals surface area contributed by atoms with E-state index in [0.29, 0.717) is 40.6 Å². The van der Waals surface area contributed by atoms with Crippen LogP contribution >= 0.6 is 23.2 Å². The Morgan fingerprint density at radius 3 is 2.81 bits per heavy atom. The second-order valence-electron chi connectivity index (χ2n) is 6.13. The Morgan fingerprint density at radius 1 is 1.27 bits per heavy atom. The first-order valence-corrected chi connectivity index (χ1v) is 9.01. The summed E-state index contributed by atoms with van der Waals surface area (Å²) in [6.45, 7) is 4.75. The lowest BCUT2D eigenvalue weighted by atomic mass is 10.3. The molecule has 0 spiro atoms. The van der Waals surface area contributed by atoms with E-state index in [1.165, 1.54) is 0 Å². The van der Waals surface area contributed by atoms with Crippen LogP contribution in [0.2, 0.25) is 10.0 Å². The average molecular weight is 396 g/mol. The van der Waals surface area contributed by atoms with Gasteiger partial charge in [-0.25, -0.2) is 4.98 Å². The van der Waals surface area contributed by atoms with Crippen molar-refractivity contribution in [3.05, 3.63) is 45.8 Å². The molecule has 1 atom stereocenters. The van der Waals surface area contributed by atoms with E-state index >= 15 is 0 Å². The van der Waals surface area contributed by atoms with Crippen molar-refractivity contribution in [3.63, 3.8) is 0 Å². The van der Waals surface area contributed by atoms with Gasteiger partial charge in [0.2, 0.25) is 5.88 Å². The summed E-state index contributed by atoms with van der Waals surface area (Å²) in [6, 6.07) is 6.68. The highest BCUT2D eigenvalue weighted by Gasteiger charge is 2.28. The van der Waals surface area contributed by atoms with Gasteiger partial charge in [0, 0.05) is 29.7 Å². The summed E-state index contributed by atoms with van der Waals surface area (Å²) in [4.78, 5) is 22.6. The molecule has 0 radical (unpaired) electrons. The van der Waals surface area contributed by atoms with Gasteiger partial charge < -0.3 is 14.4 Å². The summed E-state index contributed by atoms with van der Waals surface area (Å²) in [7, 11) is 0. The molecule has 3 rings (SSSR count). The third-order valence-corrected chi connectivity index (χ3v) is 4.50. The molecular weight excluding hydrogens is 377 g/mol. The molecule has 0 saturated carbocycles. The van der Waals surface area contributed by atoms with Crippen LogP contribution in [0.1, 0.15) is 17.9 Å². The number of aromatic nitrogens is 2. The highest BCUT2D eigenvalue weighted by atomic mass is 35.5. The zero-order valence-corrected chi connectivity index (χ0v) is 16.0. The Balaban J connectivity index is 1.52. The fraction of sp³-hybridized carbons (Fsp3) is 0.389. The maximum atomic E-state index is 12.4. The molecule has 0 bridgehead atoms. The Labute approximate surface area is 162 Å². The van der Waals surface area contributed by atoms with Gasteiger partial charge in [-0.1, -0.05) is 23.2 Å². The molecule has 1 amide bonds. The van der Waals surface area contributed by atoms with Crippen molar-refractivity contribution in [3.8, 4) is 11.6 Å². The predicted molar refractivity (Wildman–Crippen MR) is 99.1 cm³/mol. The topological polar surface area (TPSA) is 64.5 Å². The van der Waals surface area contributed by atoms with Crippen LogP contribution in [0.3, 0.4) is 0 Å². The second kappa shape index (κ2) is 8.10. The molecule has 1 aliphatic rings. The Hall–Kier alpha value is -2.05. The third-order valence-electron chi connectivity index (χ3n) is 3.97. The molecule has 0 N–H and O–H groups in total. The normalized spacial score (nSPS) is 16.6.